The van der Waals surface area contributed by atoms with Crippen LogP contribution >= 0.6 is 15.9 Å². The van der Waals surface area contributed by atoms with Gasteiger partial charge in [-0.25, -0.2) is 8.42 Å². The van der Waals surface area contributed by atoms with Gasteiger partial charge in [0.15, 0.2) is 0 Å². The summed E-state index contributed by atoms with van der Waals surface area (Å²) < 4.78 is 29.2. The molecule has 0 N–H and O–H groups in total. The molecule has 1 atom stereocenters. The quantitative estimate of drug-likeness (QED) is 0.750. The molecule has 1 aliphatic rings. The number of hydrogen-bond donors (Lipinski definition) is 0. The standard InChI is InChI=1S/C18H21BrN2O2S/c1-12-8-9-15(19)10-17(12)24(22,23)21-11-14(3)20(4)16-7-5-6-13(2)18(16)21/h5-10,14H,11H2,1-4H3. The summed E-state index contributed by atoms with van der Waals surface area (Å²) in [5, 5.41) is 0. The molecule has 2 aromatic carbocycles. The molecule has 6 heteroatoms. The maximum Gasteiger partial charge on any atom is 0.264 e. The molecule has 0 aromatic heterocycles. The molecule has 0 fully saturated rings. The monoisotopic (exact) mass is 408 g/mol. The molecular formula is C18H21BrN2O2S. The molecule has 0 saturated heterocycles. The van der Waals surface area contributed by atoms with Crippen LogP contribution in [0.5, 0.6) is 0 Å². The molecule has 1 heterocycles. The molecule has 1 aliphatic heterocycles. The van der Waals surface area contributed by atoms with E-state index in [4.69, 9.17) is 0 Å². The zero-order chi connectivity index (χ0) is 17.6. The van der Waals surface area contributed by atoms with Crippen LogP contribution in [0.3, 0.4) is 0 Å². The molecule has 2 aromatic rings. The lowest BCUT2D eigenvalue weighted by Crippen LogP contribution is -2.48. The van der Waals surface area contributed by atoms with Crippen molar-refractivity contribution >= 4 is 37.3 Å². The van der Waals surface area contributed by atoms with E-state index in [-0.39, 0.29) is 6.04 Å². The molecule has 0 saturated carbocycles. The lowest BCUT2D eigenvalue weighted by atomic mass is 10.1. The molecule has 0 bridgehead atoms. The van der Waals surface area contributed by atoms with Gasteiger partial charge in [0.25, 0.3) is 10.0 Å². The first-order chi connectivity index (χ1) is 11.2. The molecule has 24 heavy (non-hydrogen) atoms. The average Bonchev–Trinajstić information content (AvgIpc) is 2.53. The second-order valence-electron chi connectivity index (χ2n) is 6.35. The minimum absolute atomic E-state index is 0.0986. The lowest BCUT2D eigenvalue weighted by molar-refractivity contribution is 0.578. The van der Waals surface area contributed by atoms with E-state index in [9.17, 15) is 8.42 Å². The van der Waals surface area contributed by atoms with E-state index in [1.807, 2.05) is 58.2 Å². The van der Waals surface area contributed by atoms with Crippen molar-refractivity contribution < 1.29 is 8.42 Å². The summed E-state index contributed by atoms with van der Waals surface area (Å²) in [4.78, 5) is 2.49. The molecule has 0 amide bonds. The Bertz CT molecular complexity index is 896. The number of hydrogen-bond acceptors (Lipinski definition) is 3. The normalized spacial score (nSPS) is 17.8. The summed E-state index contributed by atoms with van der Waals surface area (Å²) in [7, 11) is -1.62. The van der Waals surface area contributed by atoms with E-state index in [1.165, 1.54) is 0 Å². The van der Waals surface area contributed by atoms with E-state index in [1.54, 1.807) is 10.4 Å². The van der Waals surface area contributed by atoms with Crippen LogP contribution in [0.4, 0.5) is 11.4 Å². The van der Waals surface area contributed by atoms with Crippen molar-refractivity contribution in [2.24, 2.45) is 0 Å². The predicted molar refractivity (Wildman–Crippen MR) is 102 cm³/mol. The SMILES string of the molecule is Cc1ccc(Br)cc1S(=O)(=O)N1CC(C)N(C)c2cccc(C)c21. The zero-order valence-electron chi connectivity index (χ0n) is 14.2. The molecule has 1 unspecified atom stereocenters. The van der Waals surface area contributed by atoms with Crippen molar-refractivity contribution in [1.29, 1.82) is 0 Å². The van der Waals surface area contributed by atoms with Crippen molar-refractivity contribution in [3.63, 3.8) is 0 Å². The van der Waals surface area contributed by atoms with Crippen LogP contribution in [0.15, 0.2) is 45.8 Å². The van der Waals surface area contributed by atoms with Crippen LogP contribution in [0.25, 0.3) is 0 Å². The highest BCUT2D eigenvalue weighted by Gasteiger charge is 2.35. The summed E-state index contributed by atoms with van der Waals surface area (Å²) in [6.45, 7) is 6.26. The average molecular weight is 409 g/mol. The fourth-order valence-corrected chi connectivity index (χ4v) is 5.52. The van der Waals surface area contributed by atoms with Crippen LogP contribution in [-0.4, -0.2) is 28.1 Å². The summed E-state index contributed by atoms with van der Waals surface area (Å²) >= 11 is 3.39. The van der Waals surface area contributed by atoms with E-state index >= 15 is 0 Å². The largest absolute Gasteiger partial charge is 0.368 e. The van der Waals surface area contributed by atoms with Crippen molar-refractivity contribution in [1.82, 2.24) is 0 Å². The van der Waals surface area contributed by atoms with E-state index < -0.39 is 10.0 Å². The lowest BCUT2D eigenvalue weighted by Gasteiger charge is -2.41. The highest BCUT2D eigenvalue weighted by Crippen LogP contribution is 2.40. The fourth-order valence-electron chi connectivity index (χ4n) is 3.13. The molecule has 0 spiro atoms. The Morgan fingerprint density at radius 3 is 2.54 bits per heavy atom. The van der Waals surface area contributed by atoms with Crippen molar-refractivity contribution in [2.75, 3.05) is 22.8 Å². The summed E-state index contributed by atoms with van der Waals surface area (Å²) in [6.07, 6.45) is 0. The number of para-hydroxylation sites is 1. The van der Waals surface area contributed by atoms with Gasteiger partial charge in [0.1, 0.15) is 0 Å². The second kappa shape index (κ2) is 6.08. The van der Waals surface area contributed by atoms with Gasteiger partial charge in [-0.1, -0.05) is 34.1 Å². The van der Waals surface area contributed by atoms with Gasteiger partial charge in [0.05, 0.1) is 22.8 Å². The van der Waals surface area contributed by atoms with Crippen LogP contribution in [-0.2, 0) is 10.0 Å². The molecule has 4 nitrogen and oxygen atoms in total. The maximum absolute atomic E-state index is 13.4. The molecule has 3 rings (SSSR count). The third-order valence-corrected chi connectivity index (χ3v) is 7.06. The first kappa shape index (κ1) is 17.3. The Labute approximate surface area is 152 Å². The summed E-state index contributed by atoms with van der Waals surface area (Å²) in [5.74, 6) is 0. The fraction of sp³-hybridized carbons (Fsp3) is 0.333. The first-order valence-electron chi connectivity index (χ1n) is 7.85. The van der Waals surface area contributed by atoms with E-state index in [2.05, 4.69) is 20.8 Å². The minimum atomic E-state index is -3.63. The topological polar surface area (TPSA) is 40.6 Å². The molecular weight excluding hydrogens is 388 g/mol. The number of rotatable bonds is 2. The zero-order valence-corrected chi connectivity index (χ0v) is 16.6. The molecule has 0 radical (unpaired) electrons. The van der Waals surface area contributed by atoms with Gasteiger partial charge in [0.2, 0.25) is 0 Å². The van der Waals surface area contributed by atoms with Crippen LogP contribution in [0, 0.1) is 13.8 Å². The van der Waals surface area contributed by atoms with Gasteiger partial charge < -0.3 is 4.90 Å². The van der Waals surface area contributed by atoms with Gasteiger partial charge in [-0.2, -0.15) is 0 Å². The smallest absolute Gasteiger partial charge is 0.264 e. The number of nitrogens with zero attached hydrogens (tertiary/aromatic N) is 2. The number of sulfonamides is 1. The highest BCUT2D eigenvalue weighted by molar-refractivity contribution is 9.10. The number of benzene rings is 2. The first-order valence-corrected chi connectivity index (χ1v) is 10.1. The number of anilines is 2. The maximum atomic E-state index is 13.4. The summed E-state index contributed by atoms with van der Waals surface area (Å²) in [5.41, 5.74) is 3.44. The summed E-state index contributed by atoms with van der Waals surface area (Å²) in [6, 6.07) is 11.4. The Kier molecular flexibility index (Phi) is 4.38. The van der Waals surface area contributed by atoms with Gasteiger partial charge in [-0.05, 0) is 50.1 Å². The Morgan fingerprint density at radius 2 is 1.83 bits per heavy atom. The van der Waals surface area contributed by atoms with Crippen molar-refractivity contribution in [2.45, 2.75) is 31.7 Å². The van der Waals surface area contributed by atoms with Crippen molar-refractivity contribution in [3.05, 3.63) is 52.0 Å². The van der Waals surface area contributed by atoms with Gasteiger partial charge >= 0.3 is 0 Å². The Hall–Kier alpha value is -1.53. The van der Waals surface area contributed by atoms with Crippen molar-refractivity contribution in [3.8, 4) is 0 Å². The van der Waals surface area contributed by atoms with E-state index in [0.717, 1.165) is 27.0 Å². The van der Waals surface area contributed by atoms with Crippen LogP contribution < -0.4 is 9.21 Å². The third-order valence-electron chi connectivity index (χ3n) is 4.66. The Morgan fingerprint density at radius 1 is 1.12 bits per heavy atom. The van der Waals surface area contributed by atoms with Gasteiger partial charge in [-0.3, -0.25) is 4.31 Å². The van der Waals surface area contributed by atoms with Gasteiger partial charge in [0, 0.05) is 17.6 Å². The molecule has 128 valence electrons. The van der Waals surface area contributed by atoms with Crippen LogP contribution in [0.2, 0.25) is 0 Å². The minimum Gasteiger partial charge on any atom is -0.368 e. The number of fused-ring (bicyclic) bond motifs is 1. The molecule has 0 aliphatic carbocycles. The Balaban J connectivity index is 2.23. The van der Waals surface area contributed by atoms with E-state index in [0.29, 0.717) is 11.4 Å². The highest BCUT2D eigenvalue weighted by atomic mass is 79.9. The predicted octanol–water partition coefficient (Wildman–Crippen LogP) is 4.10. The number of halogens is 1. The third kappa shape index (κ3) is 2.71. The number of likely N-dealkylation sites (N-methyl/N-ethyl adjacent to an activating group) is 1. The van der Waals surface area contributed by atoms with Crippen LogP contribution in [0.1, 0.15) is 18.1 Å². The van der Waals surface area contributed by atoms with Gasteiger partial charge in [-0.15, -0.1) is 0 Å². The number of aryl methyl sites for hydroxylation is 2. The second-order valence-corrected chi connectivity index (χ2v) is 9.09.